The van der Waals surface area contributed by atoms with Crippen LogP contribution in [0.25, 0.3) is 0 Å². The van der Waals surface area contributed by atoms with Crippen molar-refractivity contribution in [1.82, 2.24) is 10.2 Å². The molecule has 2 nitrogen and oxygen atoms in total. The van der Waals surface area contributed by atoms with E-state index in [1.54, 1.807) is 6.07 Å². The van der Waals surface area contributed by atoms with Gasteiger partial charge in [-0.15, -0.1) is 0 Å². The molecule has 1 aromatic rings. The minimum absolute atomic E-state index is 0.200. The third kappa shape index (κ3) is 5.04. The molecule has 0 bridgehead atoms. The lowest BCUT2D eigenvalue weighted by Crippen LogP contribution is -2.29. The van der Waals surface area contributed by atoms with E-state index in [-0.39, 0.29) is 5.82 Å². The lowest BCUT2D eigenvalue weighted by atomic mass is 10.2. The summed E-state index contributed by atoms with van der Waals surface area (Å²) in [6.45, 7) is 7.10. The molecule has 102 valence electrons. The number of halogens is 2. The van der Waals surface area contributed by atoms with Gasteiger partial charge in [0.05, 0.1) is 4.47 Å². The standard InChI is InChI=1S/C14H22BrFN2/c1-11(2)18(3)9-5-8-17-10-12-6-4-7-13(16)14(12)15/h4,6-7,11,17H,5,8-10H2,1-3H3. The highest BCUT2D eigenvalue weighted by Gasteiger charge is 2.05. The number of nitrogens with zero attached hydrogens (tertiary/aromatic N) is 1. The predicted molar refractivity (Wildman–Crippen MR) is 78.2 cm³/mol. The van der Waals surface area contributed by atoms with E-state index in [1.807, 2.05) is 6.07 Å². The highest BCUT2D eigenvalue weighted by molar-refractivity contribution is 9.10. The Morgan fingerprint density at radius 2 is 2.11 bits per heavy atom. The molecule has 0 aliphatic heterocycles. The molecule has 0 amide bonds. The fraction of sp³-hybridized carbons (Fsp3) is 0.571. The molecule has 18 heavy (non-hydrogen) atoms. The maximum absolute atomic E-state index is 13.3. The Balaban J connectivity index is 2.24. The van der Waals surface area contributed by atoms with Crippen molar-refractivity contribution in [3.8, 4) is 0 Å². The Labute approximate surface area is 118 Å². The highest BCUT2D eigenvalue weighted by atomic mass is 79.9. The van der Waals surface area contributed by atoms with Crippen molar-refractivity contribution in [2.45, 2.75) is 32.9 Å². The summed E-state index contributed by atoms with van der Waals surface area (Å²) < 4.78 is 13.8. The zero-order chi connectivity index (χ0) is 13.5. The average molecular weight is 317 g/mol. The summed E-state index contributed by atoms with van der Waals surface area (Å²) in [6.07, 6.45) is 1.10. The smallest absolute Gasteiger partial charge is 0.137 e. The van der Waals surface area contributed by atoms with E-state index in [4.69, 9.17) is 0 Å². The minimum atomic E-state index is -0.200. The second-order valence-electron chi connectivity index (χ2n) is 4.82. The van der Waals surface area contributed by atoms with Gasteiger partial charge in [-0.2, -0.15) is 0 Å². The first kappa shape index (κ1) is 15.6. The van der Waals surface area contributed by atoms with E-state index < -0.39 is 0 Å². The molecule has 0 aromatic heterocycles. The molecule has 4 heteroatoms. The predicted octanol–water partition coefficient (Wildman–Crippen LogP) is 3.41. The van der Waals surface area contributed by atoms with Crippen LogP contribution in [-0.2, 0) is 6.54 Å². The third-order valence-corrected chi connectivity index (χ3v) is 3.98. The Kier molecular flexibility index (Phi) is 6.82. The summed E-state index contributed by atoms with van der Waals surface area (Å²) in [7, 11) is 2.13. The first-order valence-corrected chi connectivity index (χ1v) is 7.15. The average Bonchev–Trinajstić information content (AvgIpc) is 2.33. The van der Waals surface area contributed by atoms with E-state index >= 15 is 0 Å². The normalized spacial score (nSPS) is 11.5. The second-order valence-corrected chi connectivity index (χ2v) is 5.61. The van der Waals surface area contributed by atoms with E-state index in [9.17, 15) is 4.39 Å². The summed E-state index contributed by atoms with van der Waals surface area (Å²) in [5, 5.41) is 3.34. The summed E-state index contributed by atoms with van der Waals surface area (Å²) in [4.78, 5) is 2.32. The Hall–Kier alpha value is -0.450. The number of hydrogen-bond donors (Lipinski definition) is 1. The molecule has 0 spiro atoms. The van der Waals surface area contributed by atoms with Gasteiger partial charge in [-0.25, -0.2) is 4.39 Å². The minimum Gasteiger partial charge on any atom is -0.313 e. The second kappa shape index (κ2) is 7.87. The van der Waals surface area contributed by atoms with E-state index in [0.717, 1.165) is 25.1 Å². The van der Waals surface area contributed by atoms with Crippen LogP contribution in [0.5, 0.6) is 0 Å². The molecule has 1 aromatic carbocycles. The first-order chi connectivity index (χ1) is 8.52. The zero-order valence-electron chi connectivity index (χ0n) is 11.3. The maximum Gasteiger partial charge on any atom is 0.137 e. The van der Waals surface area contributed by atoms with Crippen LogP contribution in [-0.4, -0.2) is 31.1 Å². The highest BCUT2D eigenvalue weighted by Crippen LogP contribution is 2.19. The molecule has 0 unspecified atom stereocenters. The Morgan fingerprint density at radius 1 is 1.39 bits per heavy atom. The van der Waals surface area contributed by atoms with Crippen LogP contribution < -0.4 is 5.32 Å². The quantitative estimate of drug-likeness (QED) is 0.775. The Morgan fingerprint density at radius 3 is 2.78 bits per heavy atom. The van der Waals surface area contributed by atoms with Gasteiger partial charge in [-0.3, -0.25) is 0 Å². The van der Waals surface area contributed by atoms with Crippen molar-refractivity contribution >= 4 is 15.9 Å². The number of nitrogens with one attached hydrogen (secondary N) is 1. The van der Waals surface area contributed by atoms with E-state index in [2.05, 4.69) is 47.0 Å². The van der Waals surface area contributed by atoms with Gasteiger partial charge in [0.15, 0.2) is 0 Å². The molecule has 0 saturated heterocycles. The molecule has 0 atom stereocenters. The van der Waals surface area contributed by atoms with Crippen molar-refractivity contribution < 1.29 is 4.39 Å². The van der Waals surface area contributed by atoms with Crippen molar-refractivity contribution in [2.24, 2.45) is 0 Å². The van der Waals surface area contributed by atoms with Gasteiger partial charge < -0.3 is 10.2 Å². The van der Waals surface area contributed by atoms with Crippen molar-refractivity contribution in [2.75, 3.05) is 20.1 Å². The van der Waals surface area contributed by atoms with Gasteiger partial charge in [-0.1, -0.05) is 12.1 Å². The topological polar surface area (TPSA) is 15.3 Å². The monoisotopic (exact) mass is 316 g/mol. The number of hydrogen-bond acceptors (Lipinski definition) is 2. The van der Waals surface area contributed by atoms with Crippen LogP contribution >= 0.6 is 15.9 Å². The van der Waals surface area contributed by atoms with Crippen molar-refractivity contribution in [3.05, 3.63) is 34.1 Å². The van der Waals surface area contributed by atoms with Crippen LogP contribution in [0.1, 0.15) is 25.8 Å². The van der Waals surface area contributed by atoms with E-state index in [0.29, 0.717) is 17.1 Å². The van der Waals surface area contributed by atoms with Gasteiger partial charge in [0.2, 0.25) is 0 Å². The molecule has 0 radical (unpaired) electrons. The van der Waals surface area contributed by atoms with Gasteiger partial charge in [0, 0.05) is 12.6 Å². The number of rotatable bonds is 7. The number of benzene rings is 1. The lowest BCUT2D eigenvalue weighted by molar-refractivity contribution is 0.269. The summed E-state index contributed by atoms with van der Waals surface area (Å²) in [5.74, 6) is -0.200. The van der Waals surface area contributed by atoms with Gasteiger partial charge in [-0.05, 0) is 68.0 Å². The largest absolute Gasteiger partial charge is 0.313 e. The fourth-order valence-electron chi connectivity index (χ4n) is 1.62. The molecule has 0 heterocycles. The zero-order valence-corrected chi connectivity index (χ0v) is 12.9. The van der Waals surface area contributed by atoms with Crippen LogP contribution in [0, 0.1) is 5.82 Å². The van der Waals surface area contributed by atoms with Gasteiger partial charge in [0.1, 0.15) is 5.82 Å². The summed E-state index contributed by atoms with van der Waals surface area (Å²) in [5.41, 5.74) is 0.965. The molecular formula is C14H22BrFN2. The van der Waals surface area contributed by atoms with Gasteiger partial charge in [0.25, 0.3) is 0 Å². The maximum atomic E-state index is 13.3. The molecule has 0 aliphatic carbocycles. The van der Waals surface area contributed by atoms with E-state index in [1.165, 1.54) is 6.07 Å². The molecule has 0 aliphatic rings. The van der Waals surface area contributed by atoms with Crippen molar-refractivity contribution in [3.63, 3.8) is 0 Å². The molecular weight excluding hydrogens is 295 g/mol. The molecule has 1 rings (SSSR count). The van der Waals surface area contributed by atoms with Gasteiger partial charge >= 0.3 is 0 Å². The molecule has 1 N–H and O–H groups in total. The summed E-state index contributed by atoms with van der Waals surface area (Å²) >= 11 is 3.27. The van der Waals surface area contributed by atoms with Crippen molar-refractivity contribution in [1.29, 1.82) is 0 Å². The lowest BCUT2D eigenvalue weighted by Gasteiger charge is -2.20. The molecule has 0 fully saturated rings. The SMILES string of the molecule is CC(C)N(C)CCCNCc1cccc(F)c1Br. The third-order valence-electron chi connectivity index (χ3n) is 3.09. The fourth-order valence-corrected chi connectivity index (χ4v) is 2.02. The Bertz CT molecular complexity index is 369. The first-order valence-electron chi connectivity index (χ1n) is 6.36. The van der Waals surface area contributed by atoms with Crippen LogP contribution in [0.2, 0.25) is 0 Å². The molecule has 0 saturated carbocycles. The van der Waals surface area contributed by atoms with Crippen LogP contribution in [0.15, 0.2) is 22.7 Å². The van der Waals surface area contributed by atoms with Crippen LogP contribution in [0.4, 0.5) is 4.39 Å². The summed E-state index contributed by atoms with van der Waals surface area (Å²) in [6, 6.07) is 5.72. The van der Waals surface area contributed by atoms with Crippen LogP contribution in [0.3, 0.4) is 0 Å².